The van der Waals surface area contributed by atoms with Crippen molar-refractivity contribution in [1.82, 2.24) is 0 Å². The van der Waals surface area contributed by atoms with Crippen molar-refractivity contribution in [3.05, 3.63) is 54.1 Å². The predicted octanol–water partition coefficient (Wildman–Crippen LogP) is 5.11. The van der Waals surface area contributed by atoms with Crippen molar-refractivity contribution in [2.45, 2.75) is 5.75 Å². The Morgan fingerprint density at radius 3 is 2.37 bits per heavy atom. The molecule has 0 aliphatic heterocycles. The van der Waals surface area contributed by atoms with Gasteiger partial charge in [-0.05, 0) is 42.2 Å². The molecule has 0 saturated carbocycles. The second-order valence-corrected chi connectivity index (χ2v) is 7.16. The molecular formula is C19H22N2O4S2. The van der Waals surface area contributed by atoms with Crippen molar-refractivity contribution in [3.63, 3.8) is 0 Å². The summed E-state index contributed by atoms with van der Waals surface area (Å²) in [5.74, 6) is 1.42. The number of aliphatic imine (C=N–C) groups is 1. The number of hydrogen-bond donors (Lipinski definition) is 0. The first-order valence-electron chi connectivity index (χ1n) is 8.02. The first kappa shape index (κ1) is 21.1. The summed E-state index contributed by atoms with van der Waals surface area (Å²) in [7, 11) is 4.38. The van der Waals surface area contributed by atoms with E-state index in [1.807, 2.05) is 54.8 Å². The van der Waals surface area contributed by atoms with E-state index in [1.165, 1.54) is 14.2 Å². The topological polar surface area (TPSA) is 60.4 Å². The standard InChI is InChI=1S/C19H22N2O4S2/c1-23-16-11-9-15(10-12-16)20-18(26-4)27-13-14-7-5-6-8-17(14)21(25-3)19(22)24-2/h5-12H,13H2,1-4H3. The Labute approximate surface area is 167 Å². The van der Waals surface area contributed by atoms with Crippen LogP contribution in [0.25, 0.3) is 0 Å². The maximum absolute atomic E-state index is 11.9. The molecule has 2 rings (SSSR count). The van der Waals surface area contributed by atoms with Crippen molar-refractivity contribution in [1.29, 1.82) is 0 Å². The molecule has 2 aromatic rings. The third-order valence-electron chi connectivity index (χ3n) is 3.55. The van der Waals surface area contributed by atoms with Gasteiger partial charge >= 0.3 is 6.09 Å². The third kappa shape index (κ3) is 5.92. The van der Waals surface area contributed by atoms with E-state index in [1.54, 1.807) is 30.6 Å². The highest BCUT2D eigenvalue weighted by molar-refractivity contribution is 8.38. The lowest BCUT2D eigenvalue weighted by molar-refractivity contribution is 0.115. The highest BCUT2D eigenvalue weighted by Crippen LogP contribution is 2.29. The average Bonchev–Trinajstić information content (AvgIpc) is 2.72. The minimum Gasteiger partial charge on any atom is -0.497 e. The lowest BCUT2D eigenvalue weighted by atomic mass is 10.2. The molecule has 27 heavy (non-hydrogen) atoms. The maximum atomic E-state index is 11.9. The number of carbonyl (C=O) groups is 1. The number of anilines is 1. The van der Waals surface area contributed by atoms with Gasteiger partial charge in [-0.2, -0.15) is 5.06 Å². The molecule has 0 bridgehead atoms. The Morgan fingerprint density at radius 1 is 1.07 bits per heavy atom. The van der Waals surface area contributed by atoms with Gasteiger partial charge in [0.25, 0.3) is 0 Å². The molecule has 0 spiro atoms. The van der Waals surface area contributed by atoms with Gasteiger partial charge in [0.15, 0.2) is 0 Å². The van der Waals surface area contributed by atoms with Crippen LogP contribution in [0.1, 0.15) is 5.56 Å². The summed E-state index contributed by atoms with van der Waals surface area (Å²) >= 11 is 3.16. The predicted molar refractivity (Wildman–Crippen MR) is 113 cm³/mol. The van der Waals surface area contributed by atoms with Gasteiger partial charge in [-0.15, -0.1) is 11.8 Å². The molecular weight excluding hydrogens is 384 g/mol. The number of methoxy groups -OCH3 is 2. The summed E-state index contributed by atoms with van der Waals surface area (Å²) < 4.78 is 10.9. The van der Waals surface area contributed by atoms with E-state index in [4.69, 9.17) is 14.3 Å². The van der Waals surface area contributed by atoms with E-state index in [2.05, 4.69) is 4.99 Å². The SMILES string of the molecule is COC(=O)N(OC)c1ccccc1CSC(=Nc1ccc(OC)cc1)SC. The molecule has 0 unspecified atom stereocenters. The van der Waals surface area contributed by atoms with Crippen LogP contribution in [0.2, 0.25) is 0 Å². The van der Waals surface area contributed by atoms with Gasteiger partial charge in [0.05, 0.1) is 32.7 Å². The van der Waals surface area contributed by atoms with Crippen LogP contribution in [0.4, 0.5) is 16.2 Å². The zero-order valence-electron chi connectivity index (χ0n) is 15.7. The first-order valence-corrected chi connectivity index (χ1v) is 10.2. The smallest absolute Gasteiger partial charge is 0.438 e. The van der Waals surface area contributed by atoms with E-state index in [9.17, 15) is 4.79 Å². The highest BCUT2D eigenvalue weighted by Gasteiger charge is 2.19. The Bertz CT molecular complexity index is 782. The fourth-order valence-electron chi connectivity index (χ4n) is 2.22. The van der Waals surface area contributed by atoms with Gasteiger partial charge in [-0.1, -0.05) is 30.0 Å². The second-order valence-electron chi connectivity index (χ2n) is 5.14. The third-order valence-corrected chi connectivity index (χ3v) is 5.64. The van der Waals surface area contributed by atoms with Crippen LogP contribution in [-0.4, -0.2) is 38.1 Å². The van der Waals surface area contributed by atoms with Crippen molar-refractivity contribution >= 4 is 45.4 Å². The van der Waals surface area contributed by atoms with E-state index in [0.29, 0.717) is 11.4 Å². The Hall–Kier alpha value is -2.16. The van der Waals surface area contributed by atoms with E-state index >= 15 is 0 Å². The molecule has 0 aliphatic rings. The van der Waals surface area contributed by atoms with E-state index in [0.717, 1.165) is 26.4 Å². The van der Waals surface area contributed by atoms with Gasteiger partial charge in [-0.3, -0.25) is 4.84 Å². The number of thioether (sulfide) groups is 2. The fourth-order valence-corrected chi connectivity index (χ4v) is 3.76. The minimum atomic E-state index is -0.577. The molecule has 0 radical (unpaired) electrons. The molecule has 144 valence electrons. The molecule has 2 aromatic carbocycles. The Balaban J connectivity index is 2.16. The summed E-state index contributed by atoms with van der Waals surface area (Å²) in [6.07, 6.45) is 1.41. The van der Waals surface area contributed by atoms with Crippen molar-refractivity contribution < 1.29 is 19.1 Å². The van der Waals surface area contributed by atoms with Crippen molar-refractivity contribution in [2.75, 3.05) is 32.6 Å². The molecule has 6 nitrogen and oxygen atoms in total. The van der Waals surface area contributed by atoms with Gasteiger partial charge in [0.2, 0.25) is 0 Å². The molecule has 8 heteroatoms. The molecule has 0 atom stereocenters. The number of para-hydroxylation sites is 1. The monoisotopic (exact) mass is 406 g/mol. The summed E-state index contributed by atoms with van der Waals surface area (Å²) in [6, 6.07) is 15.1. The number of amides is 1. The Morgan fingerprint density at radius 2 is 1.78 bits per heavy atom. The minimum absolute atomic E-state index is 0.577. The number of carbonyl (C=O) groups excluding carboxylic acids is 1. The summed E-state index contributed by atoms with van der Waals surface area (Å²) in [5, 5.41) is 1.13. The van der Waals surface area contributed by atoms with Crippen LogP contribution >= 0.6 is 23.5 Å². The van der Waals surface area contributed by atoms with E-state index in [-0.39, 0.29) is 0 Å². The van der Waals surface area contributed by atoms with Gasteiger partial charge in [0, 0.05) is 5.75 Å². The zero-order chi connectivity index (χ0) is 19.6. The number of hydrogen-bond acceptors (Lipinski definition) is 7. The largest absolute Gasteiger partial charge is 0.497 e. The van der Waals surface area contributed by atoms with E-state index < -0.39 is 6.09 Å². The van der Waals surface area contributed by atoms with Crippen molar-refractivity contribution in [3.8, 4) is 5.75 Å². The second kappa shape index (κ2) is 10.9. The summed E-state index contributed by atoms with van der Waals surface area (Å²) in [6.45, 7) is 0. The number of nitrogens with zero attached hydrogens (tertiary/aromatic N) is 2. The lowest BCUT2D eigenvalue weighted by Crippen LogP contribution is -2.30. The molecule has 0 N–H and O–H groups in total. The van der Waals surface area contributed by atoms with Gasteiger partial charge in [0.1, 0.15) is 10.1 Å². The highest BCUT2D eigenvalue weighted by atomic mass is 32.2. The van der Waals surface area contributed by atoms with Gasteiger partial charge < -0.3 is 9.47 Å². The fraction of sp³-hybridized carbons (Fsp3) is 0.263. The number of benzene rings is 2. The first-order chi connectivity index (χ1) is 13.1. The number of ether oxygens (including phenoxy) is 2. The summed E-state index contributed by atoms with van der Waals surface area (Å²) in [4.78, 5) is 21.8. The summed E-state index contributed by atoms with van der Waals surface area (Å²) in [5.41, 5.74) is 2.43. The molecule has 1 amide bonds. The van der Waals surface area contributed by atoms with Crippen LogP contribution in [-0.2, 0) is 15.3 Å². The average molecular weight is 407 g/mol. The van der Waals surface area contributed by atoms with Crippen LogP contribution in [0, 0.1) is 0 Å². The van der Waals surface area contributed by atoms with Crippen LogP contribution in [0.15, 0.2) is 53.5 Å². The number of rotatable bonds is 6. The lowest BCUT2D eigenvalue weighted by Gasteiger charge is -2.20. The molecule has 0 aromatic heterocycles. The quantitative estimate of drug-likeness (QED) is 0.377. The van der Waals surface area contributed by atoms with Crippen LogP contribution < -0.4 is 9.80 Å². The van der Waals surface area contributed by atoms with Crippen LogP contribution in [0.3, 0.4) is 0 Å². The molecule has 0 heterocycles. The zero-order valence-corrected chi connectivity index (χ0v) is 17.3. The van der Waals surface area contributed by atoms with Crippen molar-refractivity contribution in [2.24, 2.45) is 4.99 Å². The Kier molecular flexibility index (Phi) is 8.50. The maximum Gasteiger partial charge on any atom is 0.438 e. The van der Waals surface area contributed by atoms with Crippen LogP contribution in [0.5, 0.6) is 5.75 Å². The molecule has 0 aliphatic carbocycles. The molecule has 0 saturated heterocycles. The van der Waals surface area contributed by atoms with Gasteiger partial charge in [-0.25, -0.2) is 9.79 Å². The normalized spacial score (nSPS) is 11.2. The molecule has 0 fully saturated rings. The number of hydroxylamine groups is 1.